The smallest absolute Gasteiger partial charge is 0.314 e. The third kappa shape index (κ3) is 3.43. The fourth-order valence-electron chi connectivity index (χ4n) is 1.71. The average Bonchev–Trinajstić information content (AvgIpc) is 2.40. The molecule has 21 heavy (non-hydrogen) atoms. The van der Waals surface area contributed by atoms with Crippen molar-refractivity contribution in [3.05, 3.63) is 62.4 Å². The van der Waals surface area contributed by atoms with Gasteiger partial charge in [0.05, 0.1) is 16.6 Å². The van der Waals surface area contributed by atoms with Gasteiger partial charge in [-0.2, -0.15) is 0 Å². The molecule has 5 nitrogen and oxygen atoms in total. The maximum Gasteiger partial charge on any atom is 0.314 e. The second kappa shape index (κ2) is 6.01. The summed E-state index contributed by atoms with van der Waals surface area (Å²) in [6.07, 6.45) is 0. The number of hydrogen-bond donors (Lipinski definition) is 0. The molecule has 0 aliphatic carbocycles. The first-order chi connectivity index (χ1) is 9.88. The highest BCUT2D eigenvalue weighted by Gasteiger charge is 2.19. The van der Waals surface area contributed by atoms with E-state index in [9.17, 15) is 19.3 Å². The maximum absolute atomic E-state index is 13.1. The molecule has 0 atom stereocenters. The van der Waals surface area contributed by atoms with Gasteiger partial charge in [0.1, 0.15) is 11.6 Å². The van der Waals surface area contributed by atoms with E-state index in [1.165, 1.54) is 19.1 Å². The molecular weight excluding hydrogens is 345 g/mol. The van der Waals surface area contributed by atoms with Crippen molar-refractivity contribution in [2.45, 2.75) is 6.92 Å². The zero-order chi connectivity index (χ0) is 15.6. The number of Topliss-reactive ketones (excluding diaryl/α,β-unsaturated/α-hetero) is 1. The zero-order valence-electron chi connectivity index (χ0n) is 10.8. The van der Waals surface area contributed by atoms with E-state index in [0.29, 0.717) is 4.47 Å². The van der Waals surface area contributed by atoms with Crippen molar-refractivity contribution in [3.63, 3.8) is 0 Å². The minimum atomic E-state index is -0.746. The van der Waals surface area contributed by atoms with Gasteiger partial charge in [-0.3, -0.25) is 14.9 Å². The highest BCUT2D eigenvalue weighted by Crippen LogP contribution is 2.34. The van der Waals surface area contributed by atoms with Crippen molar-refractivity contribution in [1.29, 1.82) is 0 Å². The van der Waals surface area contributed by atoms with Gasteiger partial charge in [-0.25, -0.2) is 4.39 Å². The fraction of sp³-hybridized carbons (Fsp3) is 0.0714. The van der Waals surface area contributed by atoms with Gasteiger partial charge < -0.3 is 4.74 Å². The monoisotopic (exact) mass is 353 g/mol. The first kappa shape index (κ1) is 15.1. The van der Waals surface area contributed by atoms with Crippen molar-refractivity contribution < 1.29 is 18.8 Å². The Balaban J connectivity index is 2.50. The quantitative estimate of drug-likeness (QED) is 0.461. The first-order valence-corrected chi connectivity index (χ1v) is 6.60. The van der Waals surface area contributed by atoms with Crippen LogP contribution in [0.3, 0.4) is 0 Å². The molecule has 0 saturated carbocycles. The number of ketones is 1. The lowest BCUT2D eigenvalue weighted by molar-refractivity contribution is -0.385. The molecule has 0 amide bonds. The Labute approximate surface area is 127 Å². The summed E-state index contributed by atoms with van der Waals surface area (Å²) in [7, 11) is 0. The van der Waals surface area contributed by atoms with E-state index >= 15 is 0 Å². The van der Waals surface area contributed by atoms with E-state index in [4.69, 9.17) is 4.74 Å². The molecule has 0 bridgehead atoms. The summed E-state index contributed by atoms with van der Waals surface area (Å²) in [5, 5.41) is 10.9. The van der Waals surface area contributed by atoms with Crippen LogP contribution >= 0.6 is 15.9 Å². The summed E-state index contributed by atoms with van der Waals surface area (Å²) in [4.78, 5) is 21.7. The minimum Gasteiger partial charge on any atom is -0.449 e. The van der Waals surface area contributed by atoms with E-state index in [0.717, 1.165) is 18.2 Å². The van der Waals surface area contributed by atoms with Crippen LogP contribution in [0.25, 0.3) is 0 Å². The van der Waals surface area contributed by atoms with E-state index in [1.807, 2.05) is 0 Å². The van der Waals surface area contributed by atoms with Crippen LogP contribution in [0.1, 0.15) is 17.3 Å². The molecule has 0 aromatic heterocycles. The number of nitrogens with zero attached hydrogens (tertiary/aromatic N) is 1. The van der Waals surface area contributed by atoms with E-state index in [-0.39, 0.29) is 22.8 Å². The normalized spacial score (nSPS) is 10.2. The molecule has 2 aromatic rings. The highest BCUT2D eigenvalue weighted by atomic mass is 79.9. The number of nitro groups is 1. The summed E-state index contributed by atoms with van der Waals surface area (Å²) in [5.74, 6) is -0.967. The Kier molecular flexibility index (Phi) is 4.32. The Bertz CT molecular complexity index is 733. The molecule has 0 fully saturated rings. The van der Waals surface area contributed by atoms with Crippen molar-refractivity contribution in [1.82, 2.24) is 0 Å². The molecule has 7 heteroatoms. The molecule has 0 spiro atoms. The van der Waals surface area contributed by atoms with E-state index < -0.39 is 16.4 Å². The van der Waals surface area contributed by atoms with Crippen molar-refractivity contribution in [2.75, 3.05) is 0 Å². The summed E-state index contributed by atoms with van der Waals surface area (Å²) in [6.45, 7) is 1.36. The van der Waals surface area contributed by atoms with Crippen LogP contribution in [0, 0.1) is 15.9 Å². The Morgan fingerprint density at radius 3 is 2.57 bits per heavy atom. The largest absolute Gasteiger partial charge is 0.449 e. The molecule has 0 unspecified atom stereocenters. The number of rotatable bonds is 4. The van der Waals surface area contributed by atoms with Crippen LogP contribution in [0.4, 0.5) is 10.1 Å². The topological polar surface area (TPSA) is 69.4 Å². The van der Waals surface area contributed by atoms with Gasteiger partial charge in [0.2, 0.25) is 5.75 Å². The van der Waals surface area contributed by atoms with E-state index in [1.54, 1.807) is 6.07 Å². The summed E-state index contributed by atoms with van der Waals surface area (Å²) in [6, 6.07) is 7.68. The molecule has 0 saturated heterocycles. The van der Waals surface area contributed by atoms with Crippen LogP contribution in [-0.2, 0) is 0 Å². The van der Waals surface area contributed by atoms with Crippen molar-refractivity contribution >= 4 is 27.4 Å². The lowest BCUT2D eigenvalue weighted by atomic mass is 10.1. The van der Waals surface area contributed by atoms with Crippen LogP contribution in [0.15, 0.2) is 40.9 Å². The van der Waals surface area contributed by atoms with Gasteiger partial charge in [0.15, 0.2) is 5.78 Å². The Hall–Kier alpha value is -2.28. The predicted octanol–water partition coefficient (Wildman–Crippen LogP) is 4.49. The van der Waals surface area contributed by atoms with Gasteiger partial charge in [0, 0.05) is 4.47 Å². The zero-order valence-corrected chi connectivity index (χ0v) is 12.4. The Morgan fingerprint density at radius 1 is 1.24 bits per heavy atom. The first-order valence-electron chi connectivity index (χ1n) is 5.81. The molecule has 108 valence electrons. The lowest BCUT2D eigenvalue weighted by Gasteiger charge is -2.10. The number of carbonyl (C=O) groups excluding carboxylic acids is 1. The molecule has 0 radical (unpaired) electrons. The number of hydrogen-bond acceptors (Lipinski definition) is 4. The molecule has 2 aromatic carbocycles. The number of ether oxygens (including phenoxy) is 1. The number of carbonyl (C=O) groups is 1. The van der Waals surface area contributed by atoms with Crippen LogP contribution in [0.2, 0.25) is 0 Å². The second-order valence-corrected chi connectivity index (χ2v) is 5.08. The third-order valence-corrected chi connectivity index (χ3v) is 3.15. The average molecular weight is 354 g/mol. The molecule has 0 heterocycles. The number of benzene rings is 2. The van der Waals surface area contributed by atoms with Crippen LogP contribution in [0.5, 0.6) is 11.5 Å². The van der Waals surface area contributed by atoms with Crippen molar-refractivity contribution in [2.24, 2.45) is 0 Å². The van der Waals surface area contributed by atoms with Gasteiger partial charge >= 0.3 is 5.69 Å². The van der Waals surface area contributed by atoms with Crippen molar-refractivity contribution in [3.8, 4) is 11.5 Å². The van der Waals surface area contributed by atoms with E-state index in [2.05, 4.69) is 15.9 Å². The molecule has 0 aliphatic heterocycles. The highest BCUT2D eigenvalue weighted by molar-refractivity contribution is 9.10. The number of nitro benzene ring substituents is 1. The SMILES string of the molecule is CC(=O)c1ccc(Br)cc1Oc1ccc(F)cc1[N+](=O)[O-]. The van der Waals surface area contributed by atoms with Gasteiger partial charge in [0.25, 0.3) is 0 Å². The summed E-state index contributed by atoms with van der Waals surface area (Å²) < 4.78 is 19.2. The molecule has 0 N–H and O–H groups in total. The standard InChI is InChI=1S/C14H9BrFNO4/c1-8(18)11-4-2-9(15)6-14(11)21-13-5-3-10(16)7-12(13)17(19)20/h2-7H,1H3. The second-order valence-electron chi connectivity index (χ2n) is 4.17. The van der Waals surface area contributed by atoms with Crippen LogP contribution < -0.4 is 4.74 Å². The molecule has 2 rings (SSSR count). The fourth-order valence-corrected chi connectivity index (χ4v) is 2.05. The van der Waals surface area contributed by atoms with Gasteiger partial charge in [-0.1, -0.05) is 15.9 Å². The molecular formula is C14H9BrFNO4. The lowest BCUT2D eigenvalue weighted by Crippen LogP contribution is -1.99. The minimum absolute atomic E-state index is 0.137. The Morgan fingerprint density at radius 2 is 1.95 bits per heavy atom. The van der Waals surface area contributed by atoms with Crippen LogP contribution in [-0.4, -0.2) is 10.7 Å². The van der Waals surface area contributed by atoms with Gasteiger partial charge in [-0.15, -0.1) is 0 Å². The summed E-state index contributed by atoms with van der Waals surface area (Å²) >= 11 is 3.23. The predicted molar refractivity (Wildman–Crippen MR) is 77.3 cm³/mol. The summed E-state index contributed by atoms with van der Waals surface area (Å²) in [5.41, 5.74) is -0.235. The maximum atomic E-state index is 13.1. The third-order valence-electron chi connectivity index (χ3n) is 2.66. The number of halogens is 2. The van der Waals surface area contributed by atoms with Gasteiger partial charge in [-0.05, 0) is 37.3 Å². The molecule has 0 aliphatic rings.